The van der Waals surface area contributed by atoms with Crippen LogP contribution in [0.3, 0.4) is 0 Å². The number of aryl methyl sites for hydroxylation is 1. The van der Waals surface area contributed by atoms with Crippen LogP contribution in [0.4, 0.5) is 11.5 Å². The second-order valence-corrected chi connectivity index (χ2v) is 7.79. The van der Waals surface area contributed by atoms with Gasteiger partial charge in [-0.3, -0.25) is 9.69 Å². The average Bonchev–Trinajstić information content (AvgIpc) is 2.74. The monoisotopic (exact) mass is 414 g/mol. The van der Waals surface area contributed by atoms with E-state index in [4.69, 9.17) is 0 Å². The first-order chi connectivity index (χ1) is 14.1. The number of anilines is 2. The smallest absolute Gasteiger partial charge is 0.180 e. The molecule has 0 aromatic carbocycles. The van der Waals surface area contributed by atoms with Gasteiger partial charge in [-0.15, -0.1) is 0 Å². The van der Waals surface area contributed by atoms with E-state index in [1.807, 2.05) is 32.2 Å². The minimum Gasteiger partial charge on any atom is -0.368 e. The van der Waals surface area contributed by atoms with Crippen molar-refractivity contribution in [3.8, 4) is 0 Å². The fraction of sp³-hybridized carbons (Fsp3) is 0.476. The summed E-state index contributed by atoms with van der Waals surface area (Å²) in [6.07, 6.45) is 2.35. The van der Waals surface area contributed by atoms with E-state index < -0.39 is 0 Å². The predicted molar refractivity (Wildman–Crippen MR) is 120 cm³/mol. The van der Waals surface area contributed by atoms with Gasteiger partial charge in [-0.05, 0) is 36.8 Å². The first-order valence-electron chi connectivity index (χ1n) is 10.2. The molecule has 0 amide bonds. The molecule has 1 aliphatic rings. The van der Waals surface area contributed by atoms with Crippen LogP contribution < -0.4 is 14.3 Å². The Morgan fingerprint density at radius 1 is 1.17 bits per heavy atom. The highest BCUT2D eigenvalue weighted by atomic mass is 32.2. The molecule has 2 aromatic rings. The number of ketones is 1. The lowest BCUT2D eigenvalue weighted by Crippen LogP contribution is -2.46. The molecule has 7 nitrogen and oxygen atoms in total. The molecule has 2 N–H and O–H groups in total. The molecule has 0 spiro atoms. The Bertz CT molecular complexity index is 823. The molecule has 2 aromatic heterocycles. The first kappa shape index (κ1) is 21.5. The van der Waals surface area contributed by atoms with E-state index in [2.05, 4.69) is 48.3 Å². The van der Waals surface area contributed by atoms with Gasteiger partial charge in [-0.2, -0.15) is 0 Å². The number of piperazine rings is 1. The lowest BCUT2D eigenvalue weighted by molar-refractivity contribution is 0.0983. The molecule has 8 heteroatoms. The normalized spacial score (nSPS) is 14.8. The molecule has 0 saturated carbocycles. The number of rotatable bonds is 9. The van der Waals surface area contributed by atoms with Gasteiger partial charge in [0.15, 0.2) is 5.78 Å². The largest absolute Gasteiger partial charge is 0.368 e. The van der Waals surface area contributed by atoms with Gasteiger partial charge >= 0.3 is 0 Å². The molecule has 29 heavy (non-hydrogen) atoms. The van der Waals surface area contributed by atoms with E-state index in [1.165, 1.54) is 17.7 Å². The van der Waals surface area contributed by atoms with Crippen LogP contribution in [-0.4, -0.2) is 53.4 Å². The minimum absolute atomic E-state index is 0.0968. The first-order valence-corrected chi connectivity index (χ1v) is 11.0. The Kier molecular flexibility index (Phi) is 7.85. The van der Waals surface area contributed by atoms with Crippen LogP contribution >= 0.6 is 12.1 Å². The Labute approximate surface area is 177 Å². The third-order valence-electron chi connectivity index (χ3n) is 4.98. The number of carbonyl (C=O) groups is 1. The summed E-state index contributed by atoms with van der Waals surface area (Å²) in [5.41, 5.74) is 3.89. The van der Waals surface area contributed by atoms with E-state index in [-0.39, 0.29) is 5.78 Å². The van der Waals surface area contributed by atoms with Crippen molar-refractivity contribution in [1.82, 2.24) is 19.6 Å². The summed E-state index contributed by atoms with van der Waals surface area (Å²) in [5.74, 6) is 0.968. The van der Waals surface area contributed by atoms with Gasteiger partial charge in [0.1, 0.15) is 11.5 Å². The number of nitrogens with one attached hydrogen (secondary N) is 2. The Balaban J connectivity index is 1.54. The molecule has 3 rings (SSSR count). The van der Waals surface area contributed by atoms with Crippen LogP contribution in [0, 0.1) is 6.92 Å². The highest BCUT2D eigenvalue weighted by Crippen LogP contribution is 2.22. The van der Waals surface area contributed by atoms with Gasteiger partial charge in [0.2, 0.25) is 0 Å². The number of hydrogen-bond acceptors (Lipinski definition) is 8. The average molecular weight is 415 g/mol. The van der Waals surface area contributed by atoms with Crippen molar-refractivity contribution in [1.29, 1.82) is 0 Å². The third kappa shape index (κ3) is 5.91. The van der Waals surface area contributed by atoms with Gasteiger partial charge in [-0.25, -0.2) is 14.7 Å². The highest BCUT2D eigenvalue weighted by Gasteiger charge is 2.20. The van der Waals surface area contributed by atoms with Gasteiger partial charge in [0, 0.05) is 64.0 Å². The second kappa shape index (κ2) is 10.6. The maximum atomic E-state index is 11.9. The number of nitrogens with zero attached hydrogens (tertiary/aromatic N) is 4. The third-order valence-corrected chi connectivity index (χ3v) is 5.72. The van der Waals surface area contributed by atoms with E-state index in [1.54, 1.807) is 0 Å². The SMILES string of the molecule is CCNSNc1cc(CN2CCN(c3ccc(C(=O)CC)nc3C)CC2)ccn1. The van der Waals surface area contributed by atoms with Gasteiger partial charge in [0.25, 0.3) is 0 Å². The number of pyridine rings is 2. The topological polar surface area (TPSA) is 73.4 Å². The summed E-state index contributed by atoms with van der Waals surface area (Å²) in [5, 5.41) is 0. The number of aromatic nitrogens is 2. The summed E-state index contributed by atoms with van der Waals surface area (Å²) >= 11 is 1.45. The maximum absolute atomic E-state index is 11.9. The quantitative estimate of drug-likeness (QED) is 0.368. The molecule has 0 bridgehead atoms. The molecule has 3 heterocycles. The van der Waals surface area contributed by atoms with E-state index in [9.17, 15) is 4.79 Å². The van der Waals surface area contributed by atoms with Crippen molar-refractivity contribution in [3.05, 3.63) is 47.4 Å². The zero-order valence-electron chi connectivity index (χ0n) is 17.4. The highest BCUT2D eigenvalue weighted by molar-refractivity contribution is 7.98. The Hall–Kier alpha value is -2.16. The molecule has 156 valence electrons. The summed E-state index contributed by atoms with van der Waals surface area (Å²) in [6, 6.07) is 8.09. The zero-order chi connectivity index (χ0) is 20.6. The van der Waals surface area contributed by atoms with Crippen molar-refractivity contribution in [2.24, 2.45) is 0 Å². The van der Waals surface area contributed by atoms with E-state index in [0.717, 1.165) is 56.5 Å². The molecule has 0 unspecified atom stereocenters. The molecule has 1 aliphatic heterocycles. The summed E-state index contributed by atoms with van der Waals surface area (Å²) in [6.45, 7) is 11.6. The zero-order valence-corrected chi connectivity index (χ0v) is 18.3. The summed E-state index contributed by atoms with van der Waals surface area (Å²) in [4.78, 5) is 25.6. The van der Waals surface area contributed by atoms with Gasteiger partial charge in [-0.1, -0.05) is 13.8 Å². The number of Topliss-reactive ketones (excluding diaryl/α,β-unsaturated/α-hetero) is 1. The van der Waals surface area contributed by atoms with Crippen LogP contribution in [0.2, 0.25) is 0 Å². The van der Waals surface area contributed by atoms with Crippen molar-refractivity contribution >= 4 is 29.4 Å². The second-order valence-electron chi connectivity index (χ2n) is 7.09. The molecule has 0 aliphatic carbocycles. The van der Waals surface area contributed by atoms with Crippen molar-refractivity contribution in [2.45, 2.75) is 33.7 Å². The molecule has 0 atom stereocenters. The Morgan fingerprint density at radius 3 is 2.66 bits per heavy atom. The van der Waals surface area contributed by atoms with Gasteiger partial charge < -0.3 is 9.62 Å². The van der Waals surface area contributed by atoms with Crippen LogP contribution in [0.15, 0.2) is 30.5 Å². The van der Waals surface area contributed by atoms with Crippen molar-refractivity contribution in [3.63, 3.8) is 0 Å². The Morgan fingerprint density at radius 2 is 1.97 bits per heavy atom. The molecular weight excluding hydrogens is 384 g/mol. The molecule has 1 saturated heterocycles. The number of carbonyl (C=O) groups excluding carboxylic acids is 1. The molecular formula is C21H30N6OS. The maximum Gasteiger partial charge on any atom is 0.180 e. The summed E-state index contributed by atoms with van der Waals surface area (Å²) < 4.78 is 6.37. The van der Waals surface area contributed by atoms with Crippen molar-refractivity contribution in [2.75, 3.05) is 42.3 Å². The fourth-order valence-corrected chi connectivity index (χ4v) is 3.85. The van der Waals surface area contributed by atoms with Crippen LogP contribution in [-0.2, 0) is 6.54 Å². The molecule has 0 radical (unpaired) electrons. The standard InChI is InChI=1S/C21H30N6OS/c1-4-20(28)18-6-7-19(16(3)24-18)27-12-10-26(11-13-27)15-17-8-9-22-21(14-17)25-29-23-5-2/h6-9,14,23H,4-5,10-13,15H2,1-3H3,(H,22,25). The fourth-order valence-electron chi connectivity index (χ4n) is 3.42. The lowest BCUT2D eigenvalue weighted by Gasteiger charge is -2.36. The van der Waals surface area contributed by atoms with Crippen LogP contribution in [0.5, 0.6) is 0 Å². The molecule has 1 fully saturated rings. The lowest BCUT2D eigenvalue weighted by atomic mass is 10.1. The van der Waals surface area contributed by atoms with Crippen molar-refractivity contribution < 1.29 is 4.79 Å². The van der Waals surface area contributed by atoms with Crippen LogP contribution in [0.25, 0.3) is 0 Å². The van der Waals surface area contributed by atoms with Crippen LogP contribution in [0.1, 0.15) is 42.0 Å². The van der Waals surface area contributed by atoms with Gasteiger partial charge in [0.05, 0.1) is 11.4 Å². The predicted octanol–water partition coefficient (Wildman–Crippen LogP) is 3.28. The minimum atomic E-state index is 0.0968. The van der Waals surface area contributed by atoms with E-state index >= 15 is 0 Å². The van der Waals surface area contributed by atoms with E-state index in [0.29, 0.717) is 12.1 Å². The number of hydrogen-bond donors (Lipinski definition) is 2. The summed E-state index contributed by atoms with van der Waals surface area (Å²) in [7, 11) is 0.